The summed E-state index contributed by atoms with van der Waals surface area (Å²) in [5.74, 6) is 2.72. The van der Waals surface area contributed by atoms with Gasteiger partial charge in [0, 0.05) is 6.07 Å². The van der Waals surface area contributed by atoms with Crippen molar-refractivity contribution in [1.82, 2.24) is 15.3 Å². The Hall–Kier alpha value is -3.98. The van der Waals surface area contributed by atoms with Gasteiger partial charge < -0.3 is 20.2 Å². The van der Waals surface area contributed by atoms with Gasteiger partial charge in [-0.3, -0.25) is 14.9 Å². The number of carbonyl (C=O) groups is 2. The Morgan fingerprint density at radius 1 is 1.03 bits per heavy atom. The number of para-hydroxylation sites is 1. The van der Waals surface area contributed by atoms with E-state index in [2.05, 4.69) is 29.1 Å². The van der Waals surface area contributed by atoms with Crippen molar-refractivity contribution in [3.8, 4) is 17.2 Å². The number of nitrogens with two attached hydrogens (primary N) is 1. The molecule has 4 N–H and O–H groups in total. The van der Waals surface area contributed by atoms with Crippen LogP contribution in [0.3, 0.4) is 0 Å². The minimum atomic E-state index is -0.391. The summed E-state index contributed by atoms with van der Waals surface area (Å²) in [5, 5.41) is 1.63. The summed E-state index contributed by atoms with van der Waals surface area (Å²) < 4.78 is 12.2. The molecule has 0 saturated carbocycles. The summed E-state index contributed by atoms with van der Waals surface area (Å²) in [5.41, 5.74) is 10.6. The number of rotatable bonds is 8. The molecule has 37 heavy (non-hydrogen) atoms. The van der Waals surface area contributed by atoms with E-state index in [-0.39, 0.29) is 17.3 Å². The first-order valence-corrected chi connectivity index (χ1v) is 13.0. The number of fused-ring (bicyclic) bond motifs is 1. The fraction of sp³-hybridized carbons (Fsp3) is 0.250. The zero-order chi connectivity index (χ0) is 26.1. The Labute approximate surface area is 218 Å². The zero-order valence-corrected chi connectivity index (χ0v) is 21.6. The first-order chi connectivity index (χ1) is 17.8. The summed E-state index contributed by atoms with van der Waals surface area (Å²) in [7, 11) is 0. The van der Waals surface area contributed by atoms with Crippen LogP contribution in [0.2, 0.25) is 0 Å². The maximum atomic E-state index is 11.8. The van der Waals surface area contributed by atoms with Gasteiger partial charge in [-0.15, -0.1) is 0 Å². The van der Waals surface area contributed by atoms with Crippen molar-refractivity contribution < 1.29 is 19.1 Å². The molecule has 8 nitrogen and oxygen atoms in total. The molecular weight excluding hydrogens is 488 g/mol. The number of thioether (sulfide) groups is 1. The highest BCUT2D eigenvalue weighted by atomic mass is 32.2. The lowest BCUT2D eigenvalue weighted by Gasteiger charge is -2.14. The lowest BCUT2D eigenvalue weighted by Crippen LogP contribution is -2.25. The van der Waals surface area contributed by atoms with Gasteiger partial charge in [0.15, 0.2) is 11.9 Å². The molecule has 0 bridgehead atoms. The monoisotopic (exact) mass is 516 g/mol. The Morgan fingerprint density at radius 3 is 2.49 bits per heavy atom. The van der Waals surface area contributed by atoms with Crippen LogP contribution in [0.1, 0.15) is 49.7 Å². The Bertz CT molecular complexity index is 1470. The van der Waals surface area contributed by atoms with Crippen molar-refractivity contribution in [1.29, 1.82) is 0 Å². The van der Waals surface area contributed by atoms with Crippen molar-refractivity contribution in [3.63, 3.8) is 0 Å². The van der Waals surface area contributed by atoms with E-state index in [9.17, 15) is 9.59 Å². The van der Waals surface area contributed by atoms with Crippen LogP contribution in [0.25, 0.3) is 11.0 Å². The Morgan fingerprint density at radius 2 is 1.78 bits per heavy atom. The summed E-state index contributed by atoms with van der Waals surface area (Å²) >= 11 is 1.03. The minimum absolute atomic E-state index is 0.241. The lowest BCUT2D eigenvalue weighted by atomic mass is 10.0. The summed E-state index contributed by atoms with van der Waals surface area (Å²) in [6.07, 6.45) is 0.161. The molecule has 4 aromatic rings. The van der Waals surface area contributed by atoms with E-state index in [1.54, 1.807) is 0 Å². The Balaban J connectivity index is 1.26. The van der Waals surface area contributed by atoms with Crippen LogP contribution in [0.5, 0.6) is 17.2 Å². The number of H-pyrrole nitrogens is 1. The van der Waals surface area contributed by atoms with Gasteiger partial charge in [-0.25, -0.2) is 4.98 Å². The molecule has 1 aromatic heterocycles. The minimum Gasteiger partial charge on any atom is -0.483 e. The highest BCUT2D eigenvalue weighted by molar-refractivity contribution is 8.15. The van der Waals surface area contributed by atoms with Gasteiger partial charge in [-0.1, -0.05) is 49.9 Å². The van der Waals surface area contributed by atoms with Crippen LogP contribution in [0.15, 0.2) is 60.7 Å². The van der Waals surface area contributed by atoms with Gasteiger partial charge in [0.25, 0.3) is 5.24 Å². The first-order valence-electron chi connectivity index (χ1n) is 12.1. The van der Waals surface area contributed by atoms with E-state index in [4.69, 9.17) is 15.2 Å². The fourth-order valence-electron chi connectivity index (χ4n) is 4.25. The summed E-state index contributed by atoms with van der Waals surface area (Å²) in [6.45, 7) is 6.13. The van der Waals surface area contributed by atoms with Crippen LogP contribution in [-0.2, 0) is 11.2 Å². The molecule has 2 unspecified atom stereocenters. The molecule has 190 valence electrons. The largest absolute Gasteiger partial charge is 0.483 e. The molecule has 2 atom stereocenters. The lowest BCUT2D eigenvalue weighted by molar-refractivity contribution is -0.118. The number of benzene rings is 3. The van der Waals surface area contributed by atoms with Crippen LogP contribution >= 0.6 is 11.8 Å². The van der Waals surface area contributed by atoms with Crippen LogP contribution in [0, 0.1) is 0 Å². The molecule has 0 radical (unpaired) electrons. The molecule has 1 aliphatic rings. The number of imide groups is 1. The number of aromatic nitrogens is 2. The van der Waals surface area contributed by atoms with E-state index in [0.717, 1.165) is 33.9 Å². The molecule has 1 saturated heterocycles. The van der Waals surface area contributed by atoms with Crippen molar-refractivity contribution in [2.75, 3.05) is 5.73 Å². The highest BCUT2D eigenvalue weighted by Gasteiger charge is 2.31. The Kier molecular flexibility index (Phi) is 6.80. The molecule has 2 heterocycles. The fourth-order valence-corrected chi connectivity index (χ4v) is 5.11. The normalized spacial score (nSPS) is 16.3. The van der Waals surface area contributed by atoms with Crippen LogP contribution in [-0.4, -0.2) is 26.4 Å². The predicted molar refractivity (Wildman–Crippen MR) is 145 cm³/mol. The SMILES string of the molecule is CC(C)c1cccc(Oc2ccc3nc(C(C)Oc4ccc(CC5SC(=O)NC5=O)cc4)[nH]c3c2)c1N. The number of nitrogens with one attached hydrogen (secondary N) is 2. The summed E-state index contributed by atoms with van der Waals surface area (Å²) in [4.78, 5) is 31.2. The first kappa shape index (κ1) is 24.7. The quantitative estimate of drug-likeness (QED) is 0.242. The molecule has 1 fully saturated rings. The van der Waals surface area contributed by atoms with E-state index in [1.807, 2.05) is 67.6 Å². The number of hydrogen-bond donors (Lipinski definition) is 3. The number of aromatic amines is 1. The standard InChI is InChI=1S/C28H28N4O4S/c1-15(2)20-5-4-6-23(25(20)29)36-19-11-12-21-22(14-19)31-26(30-21)16(3)35-18-9-7-17(8-10-18)13-24-27(33)32-28(34)37-24/h4-12,14-16,24H,13,29H2,1-3H3,(H,30,31)(H,32,33,34). The topological polar surface area (TPSA) is 119 Å². The molecule has 1 aliphatic heterocycles. The van der Waals surface area contributed by atoms with Gasteiger partial charge in [-0.05, 0) is 60.7 Å². The highest BCUT2D eigenvalue weighted by Crippen LogP contribution is 2.34. The molecule has 0 spiro atoms. The van der Waals surface area contributed by atoms with Crippen molar-refractivity contribution in [2.24, 2.45) is 0 Å². The number of imidazole rings is 1. The second-order valence-corrected chi connectivity index (χ2v) is 10.5. The van der Waals surface area contributed by atoms with Gasteiger partial charge in [0.2, 0.25) is 5.91 Å². The van der Waals surface area contributed by atoms with Gasteiger partial charge in [0.05, 0.1) is 22.0 Å². The number of hydrogen-bond acceptors (Lipinski definition) is 7. The van der Waals surface area contributed by atoms with Crippen molar-refractivity contribution >= 4 is 39.6 Å². The average Bonchev–Trinajstić information content (AvgIpc) is 3.43. The number of carbonyl (C=O) groups excluding carboxylic acids is 2. The molecule has 9 heteroatoms. The third-order valence-corrected chi connectivity index (χ3v) is 7.21. The molecule has 3 aromatic carbocycles. The number of anilines is 1. The van der Waals surface area contributed by atoms with Crippen molar-refractivity contribution in [3.05, 3.63) is 77.6 Å². The molecule has 2 amide bonds. The third kappa shape index (κ3) is 5.41. The third-order valence-electron chi connectivity index (χ3n) is 6.23. The maximum absolute atomic E-state index is 11.8. The smallest absolute Gasteiger partial charge is 0.286 e. The van der Waals surface area contributed by atoms with E-state index >= 15 is 0 Å². The number of nitrogen functional groups attached to an aromatic ring is 1. The van der Waals surface area contributed by atoms with E-state index < -0.39 is 5.25 Å². The van der Waals surface area contributed by atoms with E-state index in [1.165, 1.54) is 0 Å². The predicted octanol–water partition coefficient (Wildman–Crippen LogP) is 6.09. The number of amides is 2. The van der Waals surface area contributed by atoms with E-state index in [0.29, 0.717) is 41.1 Å². The number of nitrogens with zero attached hydrogens (tertiary/aromatic N) is 1. The average molecular weight is 517 g/mol. The molecule has 5 rings (SSSR count). The van der Waals surface area contributed by atoms with Gasteiger partial charge in [-0.2, -0.15) is 0 Å². The molecule has 0 aliphatic carbocycles. The molecular formula is C28H28N4O4S. The summed E-state index contributed by atoms with van der Waals surface area (Å²) in [6, 6.07) is 19.0. The zero-order valence-electron chi connectivity index (χ0n) is 20.8. The van der Waals surface area contributed by atoms with Crippen LogP contribution in [0.4, 0.5) is 10.5 Å². The second kappa shape index (κ2) is 10.2. The van der Waals surface area contributed by atoms with Gasteiger partial charge in [0.1, 0.15) is 17.3 Å². The second-order valence-electron chi connectivity index (χ2n) is 9.31. The van der Waals surface area contributed by atoms with Crippen molar-refractivity contribution in [2.45, 2.75) is 44.5 Å². The van der Waals surface area contributed by atoms with Crippen LogP contribution < -0.4 is 20.5 Å². The number of ether oxygens (including phenoxy) is 2. The van der Waals surface area contributed by atoms with Gasteiger partial charge >= 0.3 is 0 Å². The maximum Gasteiger partial charge on any atom is 0.286 e.